The molecule has 0 radical (unpaired) electrons. The number of hydrogen-bond acceptors (Lipinski definition) is 2. The first kappa shape index (κ1) is 22.8. The molecule has 7 heteroatoms. The number of rotatable bonds is 7. The van der Waals surface area contributed by atoms with E-state index in [1.807, 2.05) is 0 Å². The van der Waals surface area contributed by atoms with Crippen molar-refractivity contribution in [2.24, 2.45) is 4.99 Å². The largest absolute Gasteiger partial charge is 0.356 e. The highest BCUT2D eigenvalue weighted by Crippen LogP contribution is 2.19. The zero-order valence-corrected chi connectivity index (χ0v) is 18.3. The number of amides is 1. The number of benzene rings is 1. The fourth-order valence-electron chi connectivity index (χ4n) is 2.79. The maximum absolute atomic E-state index is 12.1. The van der Waals surface area contributed by atoms with E-state index in [2.05, 4.69) is 27.0 Å². The van der Waals surface area contributed by atoms with Gasteiger partial charge >= 0.3 is 0 Å². The lowest BCUT2D eigenvalue weighted by Gasteiger charge is -2.15. The summed E-state index contributed by atoms with van der Waals surface area (Å²) in [5.41, 5.74) is 2.04. The van der Waals surface area contributed by atoms with Crippen LogP contribution in [0.5, 0.6) is 0 Å². The van der Waals surface area contributed by atoms with Crippen molar-refractivity contribution < 1.29 is 4.79 Å². The highest BCUT2D eigenvalue weighted by molar-refractivity contribution is 14.0. The molecule has 1 aromatic rings. The van der Waals surface area contributed by atoms with Crippen molar-refractivity contribution >= 4 is 47.4 Å². The zero-order chi connectivity index (χ0) is 17.9. The fourth-order valence-corrected chi connectivity index (χ4v) is 3.01. The van der Waals surface area contributed by atoms with Gasteiger partial charge in [-0.15, -0.1) is 24.0 Å². The second-order valence-corrected chi connectivity index (χ2v) is 6.43. The molecule has 1 aromatic carbocycles. The van der Waals surface area contributed by atoms with Crippen LogP contribution in [0, 0.1) is 0 Å². The molecule has 2 rings (SSSR count). The smallest absolute Gasteiger partial charge is 0.252 e. The molecule has 0 atom stereocenters. The lowest BCUT2D eigenvalue weighted by molar-refractivity contribution is 0.0954. The van der Waals surface area contributed by atoms with Crippen LogP contribution in [-0.2, 0) is 0 Å². The molecule has 0 fully saturated rings. The average Bonchev–Trinajstić information content (AvgIpc) is 2.64. The monoisotopic (exact) mass is 490 g/mol. The van der Waals surface area contributed by atoms with Crippen LogP contribution >= 0.6 is 35.6 Å². The summed E-state index contributed by atoms with van der Waals surface area (Å²) < 4.78 is 0. The number of nitrogens with one attached hydrogen (secondary N) is 3. The van der Waals surface area contributed by atoms with Gasteiger partial charge in [0.15, 0.2) is 5.96 Å². The molecule has 0 aliphatic heterocycles. The number of halogens is 2. The highest BCUT2D eigenvalue weighted by atomic mass is 127. The summed E-state index contributed by atoms with van der Waals surface area (Å²) in [6.07, 6.45) is 8.49. The van der Waals surface area contributed by atoms with Crippen LogP contribution in [0.4, 0.5) is 0 Å². The molecule has 0 saturated carbocycles. The van der Waals surface area contributed by atoms with E-state index in [0.29, 0.717) is 23.7 Å². The van der Waals surface area contributed by atoms with Gasteiger partial charge in [0, 0.05) is 26.7 Å². The Kier molecular flexibility index (Phi) is 11.4. The molecular formula is C19H28ClIN4O. The molecule has 0 unspecified atom stereocenters. The summed E-state index contributed by atoms with van der Waals surface area (Å²) >= 11 is 6.02. The van der Waals surface area contributed by atoms with E-state index in [-0.39, 0.29) is 29.9 Å². The normalized spacial score (nSPS) is 14.1. The topological polar surface area (TPSA) is 65.5 Å². The molecule has 26 heavy (non-hydrogen) atoms. The maximum atomic E-state index is 12.1. The number of carbonyl (C=O) groups excluding carboxylic acids is 1. The second-order valence-electron chi connectivity index (χ2n) is 6.02. The molecule has 3 N–H and O–H groups in total. The Morgan fingerprint density at radius 3 is 2.54 bits per heavy atom. The van der Waals surface area contributed by atoms with Crippen molar-refractivity contribution in [3.8, 4) is 0 Å². The molecule has 1 aliphatic carbocycles. The summed E-state index contributed by atoms with van der Waals surface area (Å²) in [6.45, 7) is 1.96. The number of hydrogen-bond donors (Lipinski definition) is 3. The van der Waals surface area contributed by atoms with Crippen molar-refractivity contribution in [1.29, 1.82) is 0 Å². The highest BCUT2D eigenvalue weighted by Gasteiger charge is 2.08. The van der Waals surface area contributed by atoms with Gasteiger partial charge in [0.25, 0.3) is 5.91 Å². The van der Waals surface area contributed by atoms with E-state index >= 15 is 0 Å². The molecule has 0 saturated heterocycles. The summed E-state index contributed by atoms with van der Waals surface area (Å²) in [5.74, 6) is 0.586. The number of aliphatic imine (C=N–C) groups is 1. The minimum Gasteiger partial charge on any atom is -0.356 e. The molecule has 0 heterocycles. The summed E-state index contributed by atoms with van der Waals surface area (Å²) in [7, 11) is 1.75. The number of guanidine groups is 1. The predicted molar refractivity (Wildman–Crippen MR) is 120 cm³/mol. The third kappa shape index (κ3) is 7.95. The van der Waals surface area contributed by atoms with E-state index in [9.17, 15) is 4.79 Å². The lowest BCUT2D eigenvalue weighted by Crippen LogP contribution is -2.41. The Bertz CT molecular complexity index is 634. The van der Waals surface area contributed by atoms with Crippen molar-refractivity contribution in [1.82, 2.24) is 16.0 Å². The first-order valence-corrected chi connectivity index (χ1v) is 9.23. The van der Waals surface area contributed by atoms with Gasteiger partial charge in [-0.1, -0.05) is 35.4 Å². The fraction of sp³-hybridized carbons (Fsp3) is 0.474. The number of carbonyl (C=O) groups is 1. The zero-order valence-electron chi connectivity index (χ0n) is 15.2. The van der Waals surface area contributed by atoms with Crippen molar-refractivity contribution in [2.45, 2.75) is 32.1 Å². The quantitative estimate of drug-likeness (QED) is 0.179. The van der Waals surface area contributed by atoms with Gasteiger partial charge in [-0.2, -0.15) is 0 Å². The summed E-state index contributed by atoms with van der Waals surface area (Å²) in [5, 5.41) is 9.82. The Hall–Kier alpha value is -1.28. The molecule has 5 nitrogen and oxygen atoms in total. The molecule has 0 bridgehead atoms. The van der Waals surface area contributed by atoms with Crippen molar-refractivity contribution in [3.05, 3.63) is 46.5 Å². The predicted octanol–water partition coefficient (Wildman–Crippen LogP) is 3.74. The van der Waals surface area contributed by atoms with E-state index < -0.39 is 0 Å². The van der Waals surface area contributed by atoms with E-state index in [1.54, 1.807) is 36.9 Å². The second kappa shape index (κ2) is 13.0. The Balaban J connectivity index is 0.00000338. The maximum Gasteiger partial charge on any atom is 0.252 e. The minimum absolute atomic E-state index is 0. The van der Waals surface area contributed by atoms with Crippen molar-refractivity contribution in [2.75, 3.05) is 26.7 Å². The number of nitrogens with zero attached hydrogens (tertiary/aromatic N) is 1. The Labute approximate surface area is 178 Å². The van der Waals surface area contributed by atoms with Gasteiger partial charge in [0.05, 0.1) is 10.6 Å². The van der Waals surface area contributed by atoms with Gasteiger partial charge in [-0.3, -0.25) is 9.79 Å². The molecule has 0 spiro atoms. The molecule has 0 aromatic heterocycles. The molecule has 144 valence electrons. The van der Waals surface area contributed by atoms with Gasteiger partial charge in [-0.25, -0.2) is 0 Å². The first-order chi connectivity index (χ1) is 12.2. The number of allylic oxidation sites excluding steroid dienone is 1. The SMILES string of the molecule is CN=C(NCCNC(=O)c1ccccc1Cl)NCCC1=CCCCC1.I. The first-order valence-electron chi connectivity index (χ1n) is 8.86. The molecule has 1 amide bonds. The lowest BCUT2D eigenvalue weighted by atomic mass is 9.97. The average molecular weight is 491 g/mol. The van der Waals surface area contributed by atoms with Crippen LogP contribution < -0.4 is 16.0 Å². The van der Waals surface area contributed by atoms with Crippen molar-refractivity contribution in [3.63, 3.8) is 0 Å². The summed E-state index contributed by atoms with van der Waals surface area (Å²) in [6, 6.07) is 7.03. The molecular weight excluding hydrogens is 463 g/mol. The van der Waals surface area contributed by atoms with Gasteiger partial charge in [-0.05, 0) is 44.2 Å². The molecule has 1 aliphatic rings. The minimum atomic E-state index is -0.167. The van der Waals surface area contributed by atoms with Crippen LogP contribution in [0.15, 0.2) is 40.9 Å². The third-order valence-electron chi connectivity index (χ3n) is 4.17. The van der Waals surface area contributed by atoms with Crippen LogP contribution in [0.1, 0.15) is 42.5 Å². The van der Waals surface area contributed by atoms with E-state index in [4.69, 9.17) is 11.6 Å². The third-order valence-corrected chi connectivity index (χ3v) is 4.50. The van der Waals surface area contributed by atoms with Crippen LogP contribution in [-0.4, -0.2) is 38.5 Å². The van der Waals surface area contributed by atoms with E-state index in [0.717, 1.165) is 18.9 Å². The van der Waals surface area contributed by atoms with Gasteiger partial charge in [0.1, 0.15) is 0 Å². The van der Waals surface area contributed by atoms with Crippen LogP contribution in [0.3, 0.4) is 0 Å². The Morgan fingerprint density at radius 2 is 1.85 bits per heavy atom. The van der Waals surface area contributed by atoms with Crippen LogP contribution in [0.25, 0.3) is 0 Å². The standard InChI is InChI=1S/C19H27ClN4O.HI/c1-21-19(23-12-11-15-7-3-2-4-8-15)24-14-13-22-18(25)16-9-5-6-10-17(16)20;/h5-7,9-10H,2-4,8,11-14H2,1H3,(H,22,25)(H2,21,23,24);1H. The summed E-state index contributed by atoms with van der Waals surface area (Å²) in [4.78, 5) is 16.3. The van der Waals surface area contributed by atoms with Gasteiger partial charge in [0.2, 0.25) is 0 Å². The van der Waals surface area contributed by atoms with Crippen LogP contribution in [0.2, 0.25) is 5.02 Å². The van der Waals surface area contributed by atoms with Gasteiger partial charge < -0.3 is 16.0 Å². The van der Waals surface area contributed by atoms with E-state index in [1.165, 1.54) is 25.7 Å². The Morgan fingerprint density at radius 1 is 1.12 bits per heavy atom.